The van der Waals surface area contributed by atoms with E-state index >= 15 is 0 Å². The summed E-state index contributed by atoms with van der Waals surface area (Å²) in [5.41, 5.74) is 1.90. The Bertz CT molecular complexity index is 322. The summed E-state index contributed by atoms with van der Waals surface area (Å²) in [5, 5.41) is 5.99. The van der Waals surface area contributed by atoms with E-state index in [9.17, 15) is 0 Å². The van der Waals surface area contributed by atoms with Gasteiger partial charge in [0.15, 0.2) is 0 Å². The second-order valence-electron chi connectivity index (χ2n) is 6.10. The van der Waals surface area contributed by atoms with Gasteiger partial charge >= 0.3 is 0 Å². The first-order valence-corrected chi connectivity index (χ1v) is 7.59. The van der Waals surface area contributed by atoms with Crippen LogP contribution in [-0.2, 0) is 0 Å². The van der Waals surface area contributed by atoms with Crippen molar-refractivity contribution in [3.05, 3.63) is 21.9 Å². The molecule has 0 spiro atoms. The van der Waals surface area contributed by atoms with Crippen molar-refractivity contribution in [2.45, 2.75) is 59.9 Å². The van der Waals surface area contributed by atoms with Crippen molar-refractivity contribution in [2.75, 3.05) is 6.54 Å². The molecular weight excluding hydrogens is 226 g/mol. The molecule has 17 heavy (non-hydrogen) atoms. The van der Waals surface area contributed by atoms with Crippen LogP contribution in [0, 0.1) is 12.3 Å². The second-order valence-corrected chi connectivity index (χ2v) is 7.21. The quantitative estimate of drug-likeness (QED) is 0.758. The average molecular weight is 253 g/mol. The zero-order valence-corrected chi connectivity index (χ0v) is 12.8. The normalized spacial score (nSPS) is 13.9. The van der Waals surface area contributed by atoms with E-state index in [-0.39, 0.29) is 0 Å². The van der Waals surface area contributed by atoms with E-state index < -0.39 is 0 Å². The van der Waals surface area contributed by atoms with Gasteiger partial charge in [-0.05, 0) is 55.2 Å². The molecule has 0 aliphatic carbocycles. The van der Waals surface area contributed by atoms with Crippen LogP contribution in [0.15, 0.2) is 11.4 Å². The molecule has 0 fully saturated rings. The minimum absolute atomic E-state index is 0.428. The summed E-state index contributed by atoms with van der Waals surface area (Å²) in [4.78, 5) is 1.42. The third-order valence-electron chi connectivity index (χ3n) is 2.98. The van der Waals surface area contributed by atoms with Crippen LogP contribution in [0.25, 0.3) is 0 Å². The zero-order chi connectivity index (χ0) is 12.9. The van der Waals surface area contributed by atoms with Crippen LogP contribution in [0.4, 0.5) is 0 Å². The first-order chi connectivity index (χ1) is 7.92. The van der Waals surface area contributed by atoms with Crippen LogP contribution >= 0.6 is 11.3 Å². The van der Waals surface area contributed by atoms with Gasteiger partial charge in [-0.15, -0.1) is 11.3 Å². The highest BCUT2D eigenvalue weighted by Crippen LogP contribution is 2.29. The summed E-state index contributed by atoms with van der Waals surface area (Å²) >= 11 is 1.86. The maximum absolute atomic E-state index is 3.68. The Kier molecular flexibility index (Phi) is 5.68. The highest BCUT2D eigenvalue weighted by atomic mass is 32.1. The molecule has 1 nitrogen and oxygen atoms in total. The molecule has 2 heteroatoms. The summed E-state index contributed by atoms with van der Waals surface area (Å²) in [6.07, 6.45) is 3.71. The molecule has 0 saturated carbocycles. The highest BCUT2D eigenvalue weighted by molar-refractivity contribution is 7.10. The van der Waals surface area contributed by atoms with Gasteiger partial charge in [-0.25, -0.2) is 0 Å². The lowest BCUT2D eigenvalue weighted by Gasteiger charge is -2.23. The van der Waals surface area contributed by atoms with Gasteiger partial charge in [-0.2, -0.15) is 0 Å². The van der Waals surface area contributed by atoms with Crippen molar-refractivity contribution in [1.82, 2.24) is 5.32 Å². The molecule has 1 rings (SSSR count). The lowest BCUT2D eigenvalue weighted by Crippen LogP contribution is -2.23. The molecule has 1 aromatic heterocycles. The Morgan fingerprint density at radius 2 is 2.06 bits per heavy atom. The predicted octanol–water partition coefficient (Wildman–Crippen LogP) is 4.92. The zero-order valence-electron chi connectivity index (χ0n) is 12.0. The Hall–Kier alpha value is -0.340. The standard InChI is InChI=1S/C15H27NS/c1-6-9-16-14(7-8-15(3,4)5)13-10-12(2)17-11-13/h10-11,14,16H,6-9H2,1-5H3. The van der Waals surface area contributed by atoms with Crippen molar-refractivity contribution in [3.63, 3.8) is 0 Å². The van der Waals surface area contributed by atoms with Gasteiger partial charge < -0.3 is 5.32 Å². The Balaban J connectivity index is 2.60. The Morgan fingerprint density at radius 1 is 1.35 bits per heavy atom. The van der Waals surface area contributed by atoms with Crippen LogP contribution in [0.5, 0.6) is 0 Å². The van der Waals surface area contributed by atoms with E-state index in [2.05, 4.69) is 51.4 Å². The summed E-state index contributed by atoms with van der Waals surface area (Å²) in [6, 6.07) is 2.87. The van der Waals surface area contributed by atoms with E-state index in [1.54, 1.807) is 0 Å². The van der Waals surface area contributed by atoms with Crippen molar-refractivity contribution in [2.24, 2.45) is 5.41 Å². The fourth-order valence-corrected chi connectivity index (χ4v) is 2.69. The van der Waals surface area contributed by atoms with Crippen LogP contribution in [0.2, 0.25) is 0 Å². The van der Waals surface area contributed by atoms with Gasteiger partial charge in [-0.1, -0.05) is 27.7 Å². The van der Waals surface area contributed by atoms with Crippen LogP contribution in [0.1, 0.15) is 63.4 Å². The molecule has 98 valence electrons. The largest absolute Gasteiger partial charge is 0.310 e. The topological polar surface area (TPSA) is 12.0 Å². The smallest absolute Gasteiger partial charge is 0.0328 e. The fourth-order valence-electron chi connectivity index (χ4n) is 1.93. The first-order valence-electron chi connectivity index (χ1n) is 6.71. The summed E-state index contributed by atoms with van der Waals surface area (Å²) in [5.74, 6) is 0. The number of aryl methyl sites for hydroxylation is 1. The molecule has 1 aromatic rings. The molecular formula is C15H27NS. The summed E-state index contributed by atoms with van der Waals surface area (Å²) < 4.78 is 0. The average Bonchev–Trinajstić information content (AvgIpc) is 2.63. The van der Waals surface area contributed by atoms with Crippen LogP contribution in [0.3, 0.4) is 0 Å². The maximum Gasteiger partial charge on any atom is 0.0328 e. The van der Waals surface area contributed by atoms with E-state index in [0.717, 1.165) is 6.54 Å². The minimum Gasteiger partial charge on any atom is -0.310 e. The third kappa shape index (κ3) is 5.69. The summed E-state index contributed by atoms with van der Waals surface area (Å²) in [6.45, 7) is 12.5. The third-order valence-corrected chi connectivity index (χ3v) is 3.86. The SMILES string of the molecule is CCCNC(CCC(C)(C)C)c1csc(C)c1. The van der Waals surface area contributed by atoms with Gasteiger partial charge in [0.2, 0.25) is 0 Å². The molecule has 1 N–H and O–H groups in total. The lowest BCUT2D eigenvalue weighted by atomic mass is 9.87. The van der Waals surface area contributed by atoms with Gasteiger partial charge in [0.25, 0.3) is 0 Å². The maximum atomic E-state index is 3.68. The van der Waals surface area contributed by atoms with Crippen LogP contribution in [-0.4, -0.2) is 6.54 Å². The molecule has 0 bridgehead atoms. The number of nitrogens with one attached hydrogen (secondary N) is 1. The molecule has 0 amide bonds. The molecule has 0 radical (unpaired) electrons. The number of hydrogen-bond acceptors (Lipinski definition) is 2. The van der Waals surface area contributed by atoms with E-state index in [4.69, 9.17) is 0 Å². The van der Waals surface area contributed by atoms with E-state index in [1.165, 1.54) is 29.7 Å². The summed E-state index contributed by atoms with van der Waals surface area (Å²) in [7, 11) is 0. The first kappa shape index (κ1) is 14.7. The van der Waals surface area contributed by atoms with Gasteiger partial charge in [0.1, 0.15) is 0 Å². The fraction of sp³-hybridized carbons (Fsp3) is 0.733. The van der Waals surface area contributed by atoms with Crippen LogP contribution < -0.4 is 5.32 Å². The molecule has 0 aliphatic rings. The van der Waals surface area contributed by atoms with Gasteiger partial charge in [0.05, 0.1) is 0 Å². The minimum atomic E-state index is 0.428. The van der Waals surface area contributed by atoms with Crippen molar-refractivity contribution >= 4 is 11.3 Å². The molecule has 1 atom stereocenters. The van der Waals surface area contributed by atoms with Crippen molar-refractivity contribution in [3.8, 4) is 0 Å². The Morgan fingerprint density at radius 3 is 2.53 bits per heavy atom. The molecule has 1 unspecified atom stereocenters. The molecule has 0 aliphatic heterocycles. The monoisotopic (exact) mass is 253 g/mol. The molecule has 0 saturated heterocycles. The Labute approximate surface area is 111 Å². The van der Waals surface area contributed by atoms with E-state index in [1.807, 2.05) is 11.3 Å². The highest BCUT2D eigenvalue weighted by Gasteiger charge is 2.17. The lowest BCUT2D eigenvalue weighted by molar-refractivity contribution is 0.332. The number of thiophene rings is 1. The van der Waals surface area contributed by atoms with Crippen molar-refractivity contribution < 1.29 is 0 Å². The predicted molar refractivity (Wildman–Crippen MR) is 78.8 cm³/mol. The van der Waals surface area contributed by atoms with Gasteiger partial charge in [0, 0.05) is 10.9 Å². The van der Waals surface area contributed by atoms with Gasteiger partial charge in [-0.3, -0.25) is 0 Å². The molecule has 0 aromatic carbocycles. The number of rotatable bonds is 6. The number of hydrogen-bond donors (Lipinski definition) is 1. The second kappa shape index (κ2) is 6.55. The van der Waals surface area contributed by atoms with Crippen molar-refractivity contribution in [1.29, 1.82) is 0 Å². The van der Waals surface area contributed by atoms with E-state index in [0.29, 0.717) is 11.5 Å². The molecule has 1 heterocycles.